The second-order valence-corrected chi connectivity index (χ2v) is 6.78. The van der Waals surface area contributed by atoms with Crippen molar-refractivity contribution in [3.8, 4) is 11.1 Å². The van der Waals surface area contributed by atoms with Crippen LogP contribution in [0.25, 0.3) is 11.1 Å². The zero-order valence-electron chi connectivity index (χ0n) is 14.5. The van der Waals surface area contributed by atoms with Crippen LogP contribution in [0.1, 0.15) is 28.3 Å². The van der Waals surface area contributed by atoms with Crippen LogP contribution in [0.4, 0.5) is 11.4 Å². The predicted octanol–water partition coefficient (Wildman–Crippen LogP) is 4.28. The zero-order chi connectivity index (χ0) is 17.6. The van der Waals surface area contributed by atoms with Gasteiger partial charge >= 0.3 is 0 Å². The molecule has 3 aromatic rings. The molecule has 0 aliphatic carbocycles. The number of fused-ring (bicyclic) bond motifs is 3. The molecule has 0 radical (unpaired) electrons. The van der Waals surface area contributed by atoms with Gasteiger partial charge in [0.2, 0.25) is 0 Å². The zero-order valence-corrected chi connectivity index (χ0v) is 14.5. The Morgan fingerprint density at radius 2 is 1.68 bits per heavy atom. The van der Waals surface area contributed by atoms with E-state index in [1.807, 2.05) is 18.2 Å². The standard InChI is InChI=1S/C22H22N2O/c1-14-3-9-19-18-10-8-17(23)12-20(18)22(24(2)21(19)11-14)16-6-4-15(13-25)5-7-16/h3-12,22,25H,13,23H2,1-2H3. The Bertz CT molecular complexity index is 931. The minimum atomic E-state index is 0.0619. The lowest BCUT2D eigenvalue weighted by atomic mass is 9.84. The van der Waals surface area contributed by atoms with E-state index in [0.29, 0.717) is 0 Å². The Morgan fingerprint density at radius 1 is 0.960 bits per heavy atom. The van der Waals surface area contributed by atoms with E-state index < -0.39 is 0 Å². The number of benzene rings is 3. The van der Waals surface area contributed by atoms with Gasteiger partial charge in [0.25, 0.3) is 0 Å². The maximum atomic E-state index is 9.32. The molecule has 3 nitrogen and oxygen atoms in total. The highest BCUT2D eigenvalue weighted by Gasteiger charge is 2.30. The van der Waals surface area contributed by atoms with E-state index >= 15 is 0 Å². The van der Waals surface area contributed by atoms with E-state index in [9.17, 15) is 5.11 Å². The normalized spacial score (nSPS) is 15.6. The minimum Gasteiger partial charge on any atom is -0.399 e. The van der Waals surface area contributed by atoms with Crippen molar-refractivity contribution in [3.63, 3.8) is 0 Å². The number of nitrogens with two attached hydrogens (primary N) is 1. The molecule has 3 N–H and O–H groups in total. The second-order valence-electron chi connectivity index (χ2n) is 6.78. The molecule has 0 aromatic heterocycles. The highest BCUT2D eigenvalue weighted by atomic mass is 16.3. The van der Waals surface area contributed by atoms with Gasteiger partial charge in [0.05, 0.1) is 12.6 Å². The number of rotatable bonds is 2. The van der Waals surface area contributed by atoms with Gasteiger partial charge in [-0.3, -0.25) is 0 Å². The molecule has 4 rings (SSSR count). The van der Waals surface area contributed by atoms with Gasteiger partial charge in [0.1, 0.15) is 0 Å². The first-order chi connectivity index (χ1) is 12.1. The van der Waals surface area contributed by atoms with E-state index in [4.69, 9.17) is 5.73 Å². The van der Waals surface area contributed by atoms with Crippen molar-refractivity contribution in [1.29, 1.82) is 0 Å². The molecule has 0 spiro atoms. The average Bonchev–Trinajstić information content (AvgIpc) is 2.62. The van der Waals surface area contributed by atoms with Crippen molar-refractivity contribution in [3.05, 3.63) is 82.9 Å². The first-order valence-corrected chi connectivity index (χ1v) is 8.51. The number of aryl methyl sites for hydroxylation is 1. The maximum absolute atomic E-state index is 9.32. The third-order valence-corrected chi connectivity index (χ3v) is 5.06. The number of aliphatic hydroxyl groups is 1. The van der Waals surface area contributed by atoms with Gasteiger partial charge in [-0.1, -0.05) is 42.5 Å². The maximum Gasteiger partial charge on any atom is 0.0799 e. The lowest BCUT2D eigenvalue weighted by Gasteiger charge is -2.38. The molecule has 126 valence electrons. The summed E-state index contributed by atoms with van der Waals surface area (Å²) < 4.78 is 0. The van der Waals surface area contributed by atoms with E-state index in [0.717, 1.165) is 11.3 Å². The van der Waals surface area contributed by atoms with Crippen LogP contribution in [0, 0.1) is 6.92 Å². The summed E-state index contributed by atoms with van der Waals surface area (Å²) in [6, 6.07) is 21.0. The van der Waals surface area contributed by atoms with Crippen molar-refractivity contribution < 1.29 is 5.11 Å². The Kier molecular flexibility index (Phi) is 3.74. The quantitative estimate of drug-likeness (QED) is 0.690. The van der Waals surface area contributed by atoms with Crippen LogP contribution >= 0.6 is 0 Å². The van der Waals surface area contributed by atoms with Crippen LogP contribution in [0.3, 0.4) is 0 Å². The number of hydrogen-bond acceptors (Lipinski definition) is 3. The fourth-order valence-corrected chi connectivity index (χ4v) is 3.77. The lowest BCUT2D eigenvalue weighted by Crippen LogP contribution is -2.29. The van der Waals surface area contributed by atoms with E-state index in [2.05, 4.69) is 61.3 Å². The molecule has 3 aromatic carbocycles. The van der Waals surface area contributed by atoms with Crippen LogP contribution in [0.15, 0.2) is 60.7 Å². The summed E-state index contributed by atoms with van der Waals surface area (Å²) in [7, 11) is 2.13. The van der Waals surface area contributed by atoms with Gasteiger partial charge in [-0.2, -0.15) is 0 Å². The van der Waals surface area contributed by atoms with Gasteiger partial charge in [-0.05, 0) is 52.9 Å². The van der Waals surface area contributed by atoms with E-state index in [1.165, 1.54) is 33.5 Å². The average molecular weight is 330 g/mol. The van der Waals surface area contributed by atoms with Crippen molar-refractivity contribution >= 4 is 11.4 Å². The number of nitrogen functional groups attached to an aromatic ring is 1. The Hall–Kier alpha value is -2.78. The number of hydrogen-bond donors (Lipinski definition) is 2. The van der Waals surface area contributed by atoms with Crippen LogP contribution in [0.2, 0.25) is 0 Å². The van der Waals surface area contributed by atoms with E-state index in [-0.39, 0.29) is 12.6 Å². The minimum absolute atomic E-state index is 0.0619. The molecule has 0 saturated heterocycles. The second kappa shape index (κ2) is 5.94. The molecule has 0 saturated carbocycles. The van der Waals surface area contributed by atoms with Gasteiger partial charge in [0.15, 0.2) is 0 Å². The number of nitrogens with zero attached hydrogens (tertiary/aromatic N) is 1. The first kappa shape index (κ1) is 15.7. The first-order valence-electron chi connectivity index (χ1n) is 8.51. The summed E-state index contributed by atoms with van der Waals surface area (Å²) in [5, 5.41) is 9.32. The molecule has 1 unspecified atom stereocenters. The fraction of sp³-hybridized carbons (Fsp3) is 0.182. The fourth-order valence-electron chi connectivity index (χ4n) is 3.77. The lowest BCUT2D eigenvalue weighted by molar-refractivity contribution is 0.282. The molecule has 3 heteroatoms. The van der Waals surface area contributed by atoms with Crippen LogP contribution in [0.5, 0.6) is 0 Å². The third kappa shape index (κ3) is 2.57. The number of anilines is 2. The Balaban J connectivity index is 1.94. The van der Waals surface area contributed by atoms with Crippen molar-refractivity contribution in [2.45, 2.75) is 19.6 Å². The largest absolute Gasteiger partial charge is 0.399 e. The molecule has 0 fully saturated rings. The van der Waals surface area contributed by atoms with Gasteiger partial charge < -0.3 is 15.7 Å². The van der Waals surface area contributed by atoms with Gasteiger partial charge in [-0.25, -0.2) is 0 Å². The van der Waals surface area contributed by atoms with E-state index in [1.54, 1.807) is 0 Å². The molecule has 0 bridgehead atoms. The molecule has 1 heterocycles. The molecule has 1 aliphatic heterocycles. The molecule has 1 atom stereocenters. The van der Waals surface area contributed by atoms with Crippen molar-refractivity contribution in [2.24, 2.45) is 0 Å². The topological polar surface area (TPSA) is 49.5 Å². The Labute approximate surface area is 148 Å². The predicted molar refractivity (Wildman–Crippen MR) is 104 cm³/mol. The van der Waals surface area contributed by atoms with Crippen LogP contribution < -0.4 is 10.6 Å². The molecular formula is C22H22N2O. The molecule has 0 amide bonds. The van der Waals surface area contributed by atoms with Crippen molar-refractivity contribution in [2.75, 3.05) is 17.7 Å². The summed E-state index contributed by atoms with van der Waals surface area (Å²) in [5.74, 6) is 0. The summed E-state index contributed by atoms with van der Waals surface area (Å²) in [5.41, 5.74) is 15.2. The highest BCUT2D eigenvalue weighted by molar-refractivity contribution is 5.86. The van der Waals surface area contributed by atoms with Gasteiger partial charge in [0, 0.05) is 24.0 Å². The molecule has 1 aliphatic rings. The van der Waals surface area contributed by atoms with Crippen LogP contribution in [-0.4, -0.2) is 12.2 Å². The van der Waals surface area contributed by atoms with Crippen molar-refractivity contribution in [1.82, 2.24) is 0 Å². The summed E-state index contributed by atoms with van der Waals surface area (Å²) >= 11 is 0. The van der Waals surface area contributed by atoms with Gasteiger partial charge in [-0.15, -0.1) is 0 Å². The summed E-state index contributed by atoms with van der Waals surface area (Å²) in [4.78, 5) is 2.32. The smallest absolute Gasteiger partial charge is 0.0799 e. The van der Waals surface area contributed by atoms with Crippen LogP contribution in [-0.2, 0) is 6.61 Å². The Morgan fingerprint density at radius 3 is 2.40 bits per heavy atom. The number of aliphatic hydroxyl groups excluding tert-OH is 1. The molecular weight excluding hydrogens is 308 g/mol. The third-order valence-electron chi connectivity index (χ3n) is 5.06. The highest BCUT2D eigenvalue weighted by Crippen LogP contribution is 2.47. The summed E-state index contributed by atoms with van der Waals surface area (Å²) in [6.07, 6.45) is 0. The SMILES string of the molecule is Cc1ccc2c(c1)N(C)C(c1ccc(CO)cc1)c1cc(N)ccc1-2. The summed E-state index contributed by atoms with van der Waals surface area (Å²) in [6.45, 7) is 2.18. The monoisotopic (exact) mass is 330 g/mol. The molecule has 25 heavy (non-hydrogen) atoms.